The number of ether oxygens (including phenoxy) is 4. The Labute approximate surface area is 286 Å². The van der Waals surface area contributed by atoms with E-state index in [9.17, 15) is 31.5 Å². The van der Waals surface area contributed by atoms with Gasteiger partial charge in [-0.25, -0.2) is 18.0 Å². The fraction of sp³-hybridized carbons (Fsp3) is 0.933. The summed E-state index contributed by atoms with van der Waals surface area (Å²) in [6.45, 7) is 11.9. The molecule has 0 radical (unpaired) electrons. The molecule has 0 aromatic rings. The monoisotopic (exact) mass is 738 g/mol. The number of halogens is 1. The fourth-order valence-electron chi connectivity index (χ4n) is 5.49. The topological polar surface area (TPSA) is 193 Å². The molecule has 4 saturated heterocycles. The van der Waals surface area contributed by atoms with Crippen molar-refractivity contribution in [2.24, 2.45) is 0 Å². The Kier molecular flexibility index (Phi) is 16.0. The van der Waals surface area contributed by atoms with E-state index in [-0.39, 0.29) is 45.3 Å². The second-order valence-electron chi connectivity index (χ2n) is 14.6. The highest BCUT2D eigenvalue weighted by atomic mass is 35.7. The van der Waals surface area contributed by atoms with Crippen molar-refractivity contribution >= 4 is 42.0 Å². The largest absolute Gasteiger partial charge is 0.444 e. The summed E-state index contributed by atoms with van der Waals surface area (Å²) >= 11 is 0. The standard InChI is InChI=1S/C14H25NO6S.C13H23NO4.CH3ClO2S.2CH4/c1-12(2,3)21-11(16)15-13-5-7-14(8-6-13,19-9-13)10-20-22(4,17)18;1-11(2,3)18-10(16)14-12-4-6-13(8-15,7-5-12)17-9-12;1-5(2,3)4;;/h5-10H2,1-4H3,(H,15,16);15H,4-9H2,1-3H3,(H,14,16);1H3;2*1H4. The van der Waals surface area contributed by atoms with Crippen molar-refractivity contribution in [3.05, 3.63) is 0 Å². The van der Waals surface area contributed by atoms with Crippen molar-refractivity contribution < 1.29 is 54.7 Å². The maximum absolute atomic E-state index is 12.0. The molecule has 2 saturated carbocycles. The minimum absolute atomic E-state index is 0. The number of carbonyl (C=O) groups is 2. The Balaban J connectivity index is 0.000000768. The minimum Gasteiger partial charge on any atom is -0.444 e. The quantitative estimate of drug-likeness (QED) is 0.254. The molecule has 47 heavy (non-hydrogen) atoms. The lowest BCUT2D eigenvalue weighted by Gasteiger charge is -2.52. The second kappa shape index (κ2) is 16.5. The molecule has 17 heteroatoms. The average molecular weight is 739 g/mol. The summed E-state index contributed by atoms with van der Waals surface area (Å²) in [4.78, 5) is 23.8. The van der Waals surface area contributed by atoms with Crippen molar-refractivity contribution in [1.29, 1.82) is 0 Å². The van der Waals surface area contributed by atoms with Gasteiger partial charge in [-0.15, -0.1) is 0 Å². The molecule has 0 spiro atoms. The Morgan fingerprint density at radius 2 is 1.04 bits per heavy atom. The molecule has 6 fully saturated rings. The van der Waals surface area contributed by atoms with E-state index < -0.39 is 47.6 Å². The maximum atomic E-state index is 12.0. The molecule has 14 nitrogen and oxygen atoms in total. The molecular formula is C30H59ClN2O12S2. The van der Waals surface area contributed by atoms with Crippen LogP contribution in [0, 0.1) is 0 Å². The van der Waals surface area contributed by atoms with E-state index in [2.05, 4.69) is 21.3 Å². The highest BCUT2D eigenvalue weighted by Crippen LogP contribution is 2.44. The highest BCUT2D eigenvalue weighted by Gasteiger charge is 2.52. The molecule has 3 N–H and O–H groups in total. The van der Waals surface area contributed by atoms with E-state index in [4.69, 9.17) is 23.1 Å². The molecule has 0 atom stereocenters. The van der Waals surface area contributed by atoms with Crippen LogP contribution in [0.5, 0.6) is 0 Å². The van der Waals surface area contributed by atoms with E-state index in [0.29, 0.717) is 26.1 Å². The number of hydrogen-bond donors (Lipinski definition) is 3. The molecule has 4 heterocycles. The number of alkyl carbamates (subject to hydrolysis) is 2. The first-order valence-electron chi connectivity index (χ1n) is 14.9. The third-order valence-corrected chi connectivity index (χ3v) is 8.45. The number of rotatable bonds is 6. The number of fused-ring (bicyclic) bond motifs is 6. The van der Waals surface area contributed by atoms with Gasteiger partial charge in [0.05, 0.1) is 61.2 Å². The summed E-state index contributed by atoms with van der Waals surface area (Å²) in [6.07, 6.45) is 7.13. The number of aliphatic hydroxyl groups excluding tert-OH is 1. The average Bonchev–Trinajstić information content (AvgIpc) is 2.86. The molecular weight excluding hydrogens is 680 g/mol. The SMILES string of the molecule is C.C.CC(C)(C)OC(=O)NC12CCC(CO)(CC1)OC2.CC(C)(C)OC(=O)NC12CCC(COS(C)(=O)=O)(CC1)OC2.CS(=O)(=O)Cl. The van der Waals surface area contributed by atoms with Gasteiger partial charge in [0.15, 0.2) is 0 Å². The zero-order valence-corrected chi connectivity index (χ0v) is 30.0. The van der Waals surface area contributed by atoms with E-state index in [1.807, 2.05) is 41.5 Å². The van der Waals surface area contributed by atoms with Crippen LogP contribution in [-0.2, 0) is 42.3 Å². The van der Waals surface area contributed by atoms with Gasteiger partial charge in [0.25, 0.3) is 10.1 Å². The van der Waals surface area contributed by atoms with E-state index in [0.717, 1.165) is 51.0 Å². The van der Waals surface area contributed by atoms with Crippen LogP contribution >= 0.6 is 10.7 Å². The van der Waals surface area contributed by atoms with Crippen molar-refractivity contribution in [2.75, 3.05) is 38.9 Å². The normalized spacial score (nSPS) is 29.7. The van der Waals surface area contributed by atoms with Crippen LogP contribution in [-0.4, -0.2) is 107 Å². The van der Waals surface area contributed by atoms with Gasteiger partial charge in [-0.2, -0.15) is 8.42 Å². The zero-order valence-electron chi connectivity index (χ0n) is 27.6. The Hall–Kier alpha value is -1.43. The lowest BCUT2D eigenvalue weighted by atomic mass is 9.71. The van der Waals surface area contributed by atoms with Gasteiger partial charge in [-0.05, 0) is 92.9 Å². The van der Waals surface area contributed by atoms with E-state index >= 15 is 0 Å². The van der Waals surface area contributed by atoms with Crippen molar-refractivity contribution in [2.45, 2.75) is 141 Å². The Bertz CT molecular complexity index is 1200. The first kappa shape index (κ1) is 45.6. The molecule has 2 aliphatic carbocycles. The summed E-state index contributed by atoms with van der Waals surface area (Å²) in [6, 6.07) is 0. The van der Waals surface area contributed by atoms with E-state index in [1.54, 1.807) is 0 Å². The van der Waals surface area contributed by atoms with Crippen molar-refractivity contribution in [1.82, 2.24) is 10.6 Å². The predicted octanol–water partition coefficient (Wildman–Crippen LogP) is 4.61. The van der Waals surface area contributed by atoms with Gasteiger partial charge in [-0.3, -0.25) is 4.18 Å². The van der Waals surface area contributed by atoms with Crippen LogP contribution in [0.3, 0.4) is 0 Å². The van der Waals surface area contributed by atoms with Gasteiger partial charge < -0.3 is 34.7 Å². The van der Waals surface area contributed by atoms with Crippen LogP contribution in [0.4, 0.5) is 9.59 Å². The number of nitrogens with one attached hydrogen (secondary N) is 2. The first-order valence-corrected chi connectivity index (χ1v) is 19.4. The summed E-state index contributed by atoms with van der Waals surface area (Å²) in [7, 11) is -2.17. The van der Waals surface area contributed by atoms with Gasteiger partial charge in [0, 0.05) is 10.7 Å². The zero-order chi connectivity index (χ0) is 34.6. The first-order chi connectivity index (χ1) is 20.2. The van der Waals surface area contributed by atoms with Crippen LogP contribution in [0.2, 0.25) is 0 Å². The van der Waals surface area contributed by atoms with E-state index in [1.165, 1.54) is 0 Å². The third-order valence-electron chi connectivity index (χ3n) is 7.90. The molecule has 4 aliphatic heterocycles. The summed E-state index contributed by atoms with van der Waals surface area (Å²) in [5.74, 6) is 0. The van der Waals surface area contributed by atoms with Crippen LogP contribution in [0.1, 0.15) is 108 Å². The van der Waals surface area contributed by atoms with Gasteiger partial charge >= 0.3 is 12.2 Å². The Morgan fingerprint density at radius 1 is 0.723 bits per heavy atom. The summed E-state index contributed by atoms with van der Waals surface area (Å²) in [5, 5.41) is 15.2. The molecule has 0 aromatic carbocycles. The molecule has 6 aliphatic rings. The van der Waals surface area contributed by atoms with Crippen LogP contribution in [0.15, 0.2) is 0 Å². The number of carbonyl (C=O) groups excluding carboxylic acids is 2. The van der Waals surface area contributed by atoms with Gasteiger partial charge in [0.2, 0.25) is 9.05 Å². The molecule has 4 bridgehead atoms. The maximum Gasteiger partial charge on any atom is 0.408 e. The second-order valence-corrected chi connectivity index (χ2v) is 19.3. The summed E-state index contributed by atoms with van der Waals surface area (Å²) in [5.41, 5.74) is -2.68. The fourth-order valence-corrected chi connectivity index (χ4v) is 5.92. The Morgan fingerprint density at radius 3 is 1.28 bits per heavy atom. The van der Waals surface area contributed by atoms with Crippen molar-refractivity contribution in [3.63, 3.8) is 0 Å². The third kappa shape index (κ3) is 16.2. The van der Waals surface area contributed by atoms with Crippen LogP contribution in [0.25, 0.3) is 0 Å². The lowest BCUT2D eigenvalue weighted by Crippen LogP contribution is -2.64. The molecule has 2 amide bonds. The summed E-state index contributed by atoms with van der Waals surface area (Å²) < 4.78 is 68.1. The number of aliphatic hydroxyl groups is 1. The van der Waals surface area contributed by atoms with Crippen LogP contribution < -0.4 is 10.6 Å². The van der Waals surface area contributed by atoms with Crippen molar-refractivity contribution in [3.8, 4) is 0 Å². The number of amides is 2. The molecule has 6 rings (SSSR count). The predicted molar refractivity (Wildman–Crippen MR) is 181 cm³/mol. The molecule has 0 aromatic heterocycles. The molecule has 280 valence electrons. The number of hydrogen-bond acceptors (Lipinski definition) is 12. The van der Waals surface area contributed by atoms with Gasteiger partial charge in [0.1, 0.15) is 11.2 Å². The lowest BCUT2D eigenvalue weighted by molar-refractivity contribution is -0.178. The van der Waals surface area contributed by atoms with Gasteiger partial charge in [-0.1, -0.05) is 14.9 Å². The minimum atomic E-state index is -3.48. The smallest absolute Gasteiger partial charge is 0.408 e. The highest BCUT2D eigenvalue weighted by molar-refractivity contribution is 8.13. The molecule has 0 unspecified atom stereocenters.